The van der Waals surface area contributed by atoms with Crippen LogP contribution in [0.4, 0.5) is 0 Å². The molecular formula is C9H13N3O. The van der Waals surface area contributed by atoms with Crippen LogP contribution in [0.25, 0.3) is 0 Å². The van der Waals surface area contributed by atoms with Crippen molar-refractivity contribution in [3.05, 3.63) is 0 Å². The largest absolute Gasteiger partial charge is 0.388 e. The molecular weight excluding hydrogens is 166 g/mol. The molecule has 0 unspecified atom stereocenters. The van der Waals surface area contributed by atoms with Gasteiger partial charge in [0, 0.05) is 0 Å². The summed E-state index contributed by atoms with van der Waals surface area (Å²) in [6.45, 7) is 7.67. The maximum absolute atomic E-state index is 8.38. The molecule has 0 heterocycles. The summed E-state index contributed by atoms with van der Waals surface area (Å²) < 4.78 is 0. The lowest BCUT2D eigenvalue weighted by molar-refractivity contribution is -0.0475. The minimum Gasteiger partial charge on any atom is -0.388 e. The monoisotopic (exact) mass is 179 g/mol. The summed E-state index contributed by atoms with van der Waals surface area (Å²) in [6, 6.07) is 3.25. The fourth-order valence-corrected chi connectivity index (χ4v) is 0.335. The number of hydrogen-bond donors (Lipinski definition) is 0. The lowest BCUT2D eigenvalue weighted by Crippen LogP contribution is -2.29. The Balaban J connectivity index is 4.42. The third kappa shape index (κ3) is 3.57. The smallest absolute Gasteiger partial charge is 0.256 e. The maximum atomic E-state index is 8.38. The van der Waals surface area contributed by atoms with Crippen LogP contribution in [0.5, 0.6) is 0 Å². The van der Waals surface area contributed by atoms with E-state index in [0.717, 1.165) is 0 Å². The van der Waals surface area contributed by atoms with Crippen LogP contribution < -0.4 is 0 Å². The highest BCUT2D eigenvalue weighted by Crippen LogP contribution is 2.20. The molecule has 0 saturated heterocycles. The second-order valence-corrected chi connectivity index (χ2v) is 3.51. The van der Waals surface area contributed by atoms with E-state index in [9.17, 15) is 0 Å². The number of rotatable bonds is 3. The van der Waals surface area contributed by atoms with Crippen molar-refractivity contribution in [2.75, 3.05) is 0 Å². The first-order valence-corrected chi connectivity index (χ1v) is 4.00. The minimum atomic E-state index is -0.459. The van der Waals surface area contributed by atoms with E-state index in [1.165, 1.54) is 0 Å². The fourth-order valence-electron chi connectivity index (χ4n) is 0.335. The van der Waals surface area contributed by atoms with Crippen LogP contribution in [0.2, 0.25) is 0 Å². The van der Waals surface area contributed by atoms with Gasteiger partial charge in [0.2, 0.25) is 0 Å². The first-order valence-electron chi connectivity index (χ1n) is 4.00. The number of hydrogen-bond acceptors (Lipinski definition) is 4. The van der Waals surface area contributed by atoms with E-state index in [1.54, 1.807) is 12.1 Å². The second-order valence-electron chi connectivity index (χ2n) is 3.51. The van der Waals surface area contributed by atoms with Crippen molar-refractivity contribution in [2.45, 2.75) is 33.3 Å². The molecule has 0 aliphatic carbocycles. The molecule has 13 heavy (non-hydrogen) atoms. The molecule has 4 nitrogen and oxygen atoms in total. The van der Waals surface area contributed by atoms with Crippen LogP contribution >= 0.6 is 0 Å². The summed E-state index contributed by atoms with van der Waals surface area (Å²) >= 11 is 0. The zero-order valence-corrected chi connectivity index (χ0v) is 8.33. The normalized spacial score (nSPS) is 10.1. The van der Waals surface area contributed by atoms with E-state index < -0.39 is 5.60 Å². The van der Waals surface area contributed by atoms with Crippen LogP contribution in [0.15, 0.2) is 5.16 Å². The van der Waals surface area contributed by atoms with Crippen LogP contribution in [-0.2, 0) is 4.84 Å². The number of nitriles is 2. The summed E-state index contributed by atoms with van der Waals surface area (Å²) in [6.07, 6.45) is 0. The Labute approximate surface area is 78.4 Å². The van der Waals surface area contributed by atoms with E-state index in [1.807, 2.05) is 27.7 Å². The highest BCUT2D eigenvalue weighted by Gasteiger charge is 2.24. The Morgan fingerprint density at radius 1 is 1.31 bits per heavy atom. The van der Waals surface area contributed by atoms with Crippen molar-refractivity contribution in [1.82, 2.24) is 0 Å². The zero-order valence-electron chi connectivity index (χ0n) is 8.33. The summed E-state index contributed by atoms with van der Waals surface area (Å²) in [7, 11) is 0. The molecule has 0 aromatic carbocycles. The molecule has 70 valence electrons. The number of nitrogens with zero attached hydrogens (tertiary/aromatic N) is 3. The second kappa shape index (κ2) is 4.47. The van der Waals surface area contributed by atoms with Crippen LogP contribution in [0.1, 0.15) is 27.7 Å². The van der Waals surface area contributed by atoms with Crippen molar-refractivity contribution in [3.63, 3.8) is 0 Å². The van der Waals surface area contributed by atoms with E-state index in [4.69, 9.17) is 15.4 Å². The Hall–Kier alpha value is -1.55. The van der Waals surface area contributed by atoms with Gasteiger partial charge in [0.15, 0.2) is 0 Å². The summed E-state index contributed by atoms with van der Waals surface area (Å²) in [5.41, 5.74) is -0.715. The van der Waals surface area contributed by atoms with E-state index in [0.29, 0.717) is 0 Å². The van der Waals surface area contributed by atoms with Crippen LogP contribution in [0.3, 0.4) is 0 Å². The SMILES string of the molecule is CC(C)C(C)(C)ON=C(C#N)C#N. The molecule has 0 spiro atoms. The molecule has 4 heteroatoms. The fraction of sp³-hybridized carbons (Fsp3) is 0.667. The van der Waals surface area contributed by atoms with Gasteiger partial charge in [-0.15, -0.1) is 0 Å². The van der Waals surface area contributed by atoms with Gasteiger partial charge in [-0.25, -0.2) is 0 Å². The lowest BCUT2D eigenvalue weighted by atomic mass is 9.95. The van der Waals surface area contributed by atoms with Gasteiger partial charge in [-0.1, -0.05) is 19.0 Å². The Morgan fingerprint density at radius 2 is 1.77 bits per heavy atom. The molecule has 0 aromatic heterocycles. The van der Waals surface area contributed by atoms with Gasteiger partial charge in [0.05, 0.1) is 0 Å². The molecule has 0 amide bonds. The first-order chi connectivity index (χ1) is 5.94. The van der Waals surface area contributed by atoms with Crippen molar-refractivity contribution in [3.8, 4) is 12.1 Å². The average molecular weight is 179 g/mol. The average Bonchev–Trinajstić information content (AvgIpc) is 2.06. The molecule has 0 saturated carbocycles. The molecule has 0 aromatic rings. The van der Waals surface area contributed by atoms with E-state index in [2.05, 4.69) is 5.16 Å². The molecule has 0 rings (SSSR count). The molecule has 0 fully saturated rings. The molecule has 0 aliphatic rings. The molecule has 0 atom stereocenters. The first kappa shape index (κ1) is 11.4. The highest BCUT2D eigenvalue weighted by molar-refractivity contribution is 6.09. The predicted octanol–water partition coefficient (Wildman–Crippen LogP) is 1.84. The van der Waals surface area contributed by atoms with Crippen molar-refractivity contribution in [1.29, 1.82) is 10.5 Å². The van der Waals surface area contributed by atoms with Crippen LogP contribution in [0, 0.1) is 28.6 Å². The van der Waals surface area contributed by atoms with Crippen molar-refractivity contribution >= 4 is 5.71 Å². The van der Waals surface area contributed by atoms with Crippen LogP contribution in [-0.4, -0.2) is 11.3 Å². The Kier molecular flexibility index (Phi) is 3.94. The van der Waals surface area contributed by atoms with Gasteiger partial charge in [-0.3, -0.25) is 0 Å². The molecule has 0 N–H and O–H groups in total. The summed E-state index contributed by atoms with van der Waals surface area (Å²) in [5, 5.41) is 20.2. The van der Waals surface area contributed by atoms with Gasteiger partial charge in [0.1, 0.15) is 17.7 Å². The summed E-state index contributed by atoms with van der Waals surface area (Å²) in [5.74, 6) is 0.259. The molecule has 0 aliphatic heterocycles. The Morgan fingerprint density at radius 3 is 2.08 bits per heavy atom. The van der Waals surface area contributed by atoms with Gasteiger partial charge in [-0.2, -0.15) is 10.5 Å². The van der Waals surface area contributed by atoms with E-state index in [-0.39, 0.29) is 11.6 Å². The van der Waals surface area contributed by atoms with Gasteiger partial charge in [0.25, 0.3) is 5.71 Å². The van der Waals surface area contributed by atoms with Crippen molar-refractivity contribution < 1.29 is 4.84 Å². The lowest BCUT2D eigenvalue weighted by Gasteiger charge is -2.25. The quantitative estimate of drug-likeness (QED) is 0.490. The Bertz CT molecular complexity index is 262. The maximum Gasteiger partial charge on any atom is 0.256 e. The minimum absolute atomic E-state index is 0.256. The molecule has 0 bridgehead atoms. The third-order valence-corrected chi connectivity index (χ3v) is 1.97. The van der Waals surface area contributed by atoms with E-state index >= 15 is 0 Å². The molecule has 0 radical (unpaired) electrons. The van der Waals surface area contributed by atoms with Gasteiger partial charge in [-0.05, 0) is 19.8 Å². The standard InChI is InChI=1S/C9H13N3O/c1-7(2)9(3,4)13-12-8(5-10)6-11/h7H,1-4H3. The predicted molar refractivity (Wildman–Crippen MR) is 48.7 cm³/mol. The highest BCUT2D eigenvalue weighted by atomic mass is 16.6. The summed E-state index contributed by atoms with van der Waals surface area (Å²) in [4.78, 5) is 5.08. The number of oxime groups is 1. The zero-order chi connectivity index (χ0) is 10.5. The van der Waals surface area contributed by atoms with Gasteiger partial charge < -0.3 is 4.84 Å². The van der Waals surface area contributed by atoms with Gasteiger partial charge >= 0.3 is 0 Å². The van der Waals surface area contributed by atoms with Crippen molar-refractivity contribution in [2.24, 2.45) is 11.1 Å². The third-order valence-electron chi connectivity index (χ3n) is 1.97. The topological polar surface area (TPSA) is 69.2 Å².